The van der Waals surface area contributed by atoms with E-state index in [1.54, 1.807) is 6.92 Å². The number of hydrogen-bond donors (Lipinski definition) is 2. The van der Waals surface area contributed by atoms with Crippen molar-refractivity contribution in [2.75, 3.05) is 6.61 Å². The molecule has 1 heterocycles. The molecule has 4 atom stereocenters. The Morgan fingerprint density at radius 1 is 1.26 bits per heavy atom. The lowest BCUT2D eigenvalue weighted by molar-refractivity contribution is -0.162. The average Bonchev–Trinajstić information content (AvgIpc) is 3.09. The van der Waals surface area contributed by atoms with Crippen LogP contribution in [0.4, 0.5) is 0 Å². The molecule has 0 bridgehead atoms. The minimum Gasteiger partial charge on any atom is -0.459 e. The highest BCUT2D eigenvalue weighted by molar-refractivity contribution is 5.77. The molecule has 2 rings (SSSR count). The Balaban J connectivity index is 2.44. The van der Waals surface area contributed by atoms with Crippen LogP contribution in [0.1, 0.15) is 92.1 Å². The summed E-state index contributed by atoms with van der Waals surface area (Å²) >= 11 is 0. The number of ether oxygens (including phenoxy) is 1. The van der Waals surface area contributed by atoms with Gasteiger partial charge in [-0.1, -0.05) is 43.7 Å². The molecule has 0 saturated carbocycles. The minimum absolute atomic E-state index is 0.0165. The summed E-state index contributed by atoms with van der Waals surface area (Å²) in [5.74, 6) is 0.0942. The van der Waals surface area contributed by atoms with E-state index in [1.165, 1.54) is 0 Å². The van der Waals surface area contributed by atoms with Crippen LogP contribution in [0.25, 0.3) is 0 Å². The van der Waals surface area contributed by atoms with Gasteiger partial charge in [-0.2, -0.15) is 0 Å². The van der Waals surface area contributed by atoms with Gasteiger partial charge in [0.1, 0.15) is 11.6 Å². The topological polar surface area (TPSA) is 78.9 Å². The second kappa shape index (κ2) is 12.7. The molecule has 0 spiro atoms. The molecule has 0 radical (unpaired) electrons. The number of carbonyl (C=O) groups is 2. The van der Waals surface area contributed by atoms with E-state index in [1.807, 2.05) is 39.0 Å². The minimum atomic E-state index is -0.545. The Kier molecular flexibility index (Phi) is 10.6. The van der Waals surface area contributed by atoms with Crippen molar-refractivity contribution >= 4 is 11.9 Å². The van der Waals surface area contributed by atoms with Crippen LogP contribution in [0.5, 0.6) is 0 Å². The molecule has 6 heteroatoms. The van der Waals surface area contributed by atoms with Gasteiger partial charge in [0, 0.05) is 31.7 Å². The number of hydrogen-bond acceptors (Lipinski definition) is 5. The second-order valence-electron chi connectivity index (χ2n) is 11.0. The number of esters is 1. The van der Waals surface area contributed by atoms with Crippen LogP contribution in [0.2, 0.25) is 0 Å². The number of likely N-dealkylation sites (tertiary alicyclic amines) is 1. The van der Waals surface area contributed by atoms with Crippen molar-refractivity contribution in [1.29, 1.82) is 0 Å². The Hall–Kier alpha value is -1.92. The van der Waals surface area contributed by atoms with Crippen LogP contribution in [0, 0.1) is 5.92 Å². The Labute approximate surface area is 206 Å². The van der Waals surface area contributed by atoms with Crippen LogP contribution in [0.15, 0.2) is 30.3 Å². The number of amides is 1. The Bertz CT molecular complexity index is 776. The maximum Gasteiger partial charge on any atom is 0.323 e. The van der Waals surface area contributed by atoms with E-state index in [2.05, 4.69) is 36.2 Å². The molecule has 1 aromatic rings. The predicted octanol–water partition coefficient (Wildman–Crippen LogP) is 4.84. The lowest BCUT2D eigenvalue weighted by Gasteiger charge is -2.44. The Morgan fingerprint density at radius 2 is 1.94 bits per heavy atom. The van der Waals surface area contributed by atoms with Gasteiger partial charge in [0.05, 0.1) is 0 Å². The fourth-order valence-electron chi connectivity index (χ4n) is 5.53. The molecule has 0 aromatic heterocycles. The third-order valence-electron chi connectivity index (χ3n) is 6.98. The molecule has 192 valence electrons. The van der Waals surface area contributed by atoms with Gasteiger partial charge >= 0.3 is 5.97 Å². The summed E-state index contributed by atoms with van der Waals surface area (Å²) in [6.45, 7) is 12.3. The normalized spacial score (nSPS) is 22.9. The number of aliphatic hydroxyl groups is 1. The van der Waals surface area contributed by atoms with Crippen molar-refractivity contribution in [3.05, 3.63) is 35.9 Å². The summed E-state index contributed by atoms with van der Waals surface area (Å²) in [6.07, 6.45) is 5.99. The molecule has 0 aliphatic carbocycles. The summed E-state index contributed by atoms with van der Waals surface area (Å²) in [6, 6.07) is 9.99. The standard InChI is InChI=1S/C28H46N2O4/c1-7-12-24(21(2)29-22(3)32)19-28(16-11-18-31)17-15-25(26(33)34-27(4,5)6)30(28)20-23-13-9-8-10-14-23/h8-10,13-14,21,24-25,31H,7,11-12,15-20H2,1-6H3,(H,29,32)/t21?,24?,25-,28+/m1/s1. The molecule has 2 N–H and O–H groups in total. The molecule has 6 nitrogen and oxygen atoms in total. The van der Waals surface area contributed by atoms with Crippen molar-refractivity contribution < 1.29 is 19.4 Å². The molecule has 2 unspecified atom stereocenters. The number of carbonyl (C=O) groups excluding carboxylic acids is 2. The quantitative estimate of drug-likeness (QED) is 0.424. The Morgan fingerprint density at radius 3 is 2.50 bits per heavy atom. The second-order valence-corrected chi connectivity index (χ2v) is 11.0. The van der Waals surface area contributed by atoms with E-state index in [0.29, 0.717) is 13.0 Å². The first-order valence-corrected chi connectivity index (χ1v) is 12.9. The molecule has 1 fully saturated rings. The van der Waals surface area contributed by atoms with Crippen molar-refractivity contribution in [2.45, 2.75) is 116 Å². The van der Waals surface area contributed by atoms with E-state index in [9.17, 15) is 14.7 Å². The van der Waals surface area contributed by atoms with Gasteiger partial charge in [-0.3, -0.25) is 14.5 Å². The average molecular weight is 475 g/mol. The molecular weight excluding hydrogens is 428 g/mol. The van der Waals surface area contributed by atoms with Gasteiger partial charge in [0.15, 0.2) is 0 Å². The SMILES string of the molecule is CCCC(C[C@]1(CCCO)CC[C@H](C(=O)OC(C)(C)C)N1Cc1ccccc1)C(C)NC(C)=O. The van der Waals surface area contributed by atoms with E-state index in [0.717, 1.165) is 44.1 Å². The maximum atomic E-state index is 13.3. The highest BCUT2D eigenvalue weighted by Gasteiger charge is 2.50. The number of benzene rings is 1. The highest BCUT2D eigenvalue weighted by atomic mass is 16.6. The zero-order chi connectivity index (χ0) is 25.4. The van der Waals surface area contributed by atoms with Crippen molar-refractivity contribution in [2.24, 2.45) is 5.92 Å². The first-order chi connectivity index (χ1) is 16.0. The number of rotatable bonds is 12. The monoisotopic (exact) mass is 474 g/mol. The molecule has 1 amide bonds. The van der Waals surface area contributed by atoms with Gasteiger partial charge in [-0.15, -0.1) is 0 Å². The van der Waals surface area contributed by atoms with Gasteiger partial charge in [0.2, 0.25) is 5.91 Å². The number of aliphatic hydroxyl groups excluding tert-OH is 1. The first kappa shape index (κ1) is 28.3. The zero-order valence-corrected chi connectivity index (χ0v) is 22.1. The van der Waals surface area contributed by atoms with Crippen LogP contribution in [-0.2, 0) is 20.9 Å². The molecule has 1 aliphatic rings. The summed E-state index contributed by atoms with van der Waals surface area (Å²) < 4.78 is 5.85. The van der Waals surface area contributed by atoms with Crippen LogP contribution < -0.4 is 5.32 Å². The van der Waals surface area contributed by atoms with Crippen molar-refractivity contribution in [3.63, 3.8) is 0 Å². The van der Waals surface area contributed by atoms with E-state index in [4.69, 9.17) is 4.74 Å². The van der Waals surface area contributed by atoms with Gasteiger partial charge in [-0.05, 0) is 77.7 Å². The third-order valence-corrected chi connectivity index (χ3v) is 6.98. The summed E-state index contributed by atoms with van der Waals surface area (Å²) in [5.41, 5.74) is 0.372. The largest absolute Gasteiger partial charge is 0.459 e. The van der Waals surface area contributed by atoms with Crippen molar-refractivity contribution in [3.8, 4) is 0 Å². The number of nitrogens with zero attached hydrogens (tertiary/aromatic N) is 1. The number of nitrogens with one attached hydrogen (secondary N) is 1. The highest BCUT2D eigenvalue weighted by Crippen LogP contribution is 2.45. The van der Waals surface area contributed by atoms with Crippen LogP contribution >= 0.6 is 0 Å². The maximum absolute atomic E-state index is 13.3. The van der Waals surface area contributed by atoms with E-state index < -0.39 is 5.60 Å². The van der Waals surface area contributed by atoms with Gasteiger partial charge < -0.3 is 15.2 Å². The zero-order valence-electron chi connectivity index (χ0n) is 22.1. The summed E-state index contributed by atoms with van der Waals surface area (Å²) in [4.78, 5) is 27.5. The summed E-state index contributed by atoms with van der Waals surface area (Å²) in [7, 11) is 0. The van der Waals surface area contributed by atoms with Gasteiger partial charge in [0.25, 0.3) is 0 Å². The molecule has 1 saturated heterocycles. The van der Waals surface area contributed by atoms with Crippen LogP contribution in [-0.4, -0.2) is 51.7 Å². The van der Waals surface area contributed by atoms with Crippen molar-refractivity contribution in [1.82, 2.24) is 10.2 Å². The van der Waals surface area contributed by atoms with E-state index in [-0.39, 0.29) is 42.0 Å². The molecular formula is C28H46N2O4. The molecule has 1 aliphatic heterocycles. The first-order valence-electron chi connectivity index (χ1n) is 12.9. The van der Waals surface area contributed by atoms with Crippen LogP contribution in [0.3, 0.4) is 0 Å². The fourth-order valence-corrected chi connectivity index (χ4v) is 5.53. The lowest BCUT2D eigenvalue weighted by Crippen LogP contribution is -2.52. The third kappa shape index (κ3) is 8.09. The molecule has 1 aromatic carbocycles. The predicted molar refractivity (Wildman–Crippen MR) is 136 cm³/mol. The fraction of sp³-hybridized carbons (Fsp3) is 0.714. The van der Waals surface area contributed by atoms with Gasteiger partial charge in [-0.25, -0.2) is 0 Å². The smallest absolute Gasteiger partial charge is 0.323 e. The van der Waals surface area contributed by atoms with E-state index >= 15 is 0 Å². The molecule has 34 heavy (non-hydrogen) atoms. The lowest BCUT2D eigenvalue weighted by atomic mass is 9.77. The summed E-state index contributed by atoms with van der Waals surface area (Å²) in [5, 5.41) is 12.8.